The SMILES string of the molecule is CCCCCCCCCCCCCCCCCCOC(COCc1ccccc1)COP(=O)(O)O. The topological polar surface area (TPSA) is 85.2 Å². The Morgan fingerprint density at radius 1 is 0.714 bits per heavy atom. The fraction of sp³-hybridized carbons (Fsp3) is 0.786. The molecule has 0 spiro atoms. The minimum Gasteiger partial charge on any atom is -0.374 e. The summed E-state index contributed by atoms with van der Waals surface area (Å²) < 4.78 is 27.2. The Morgan fingerprint density at radius 3 is 1.69 bits per heavy atom. The van der Waals surface area contributed by atoms with Crippen molar-refractivity contribution in [2.24, 2.45) is 0 Å². The summed E-state index contributed by atoms with van der Waals surface area (Å²) >= 11 is 0. The molecule has 35 heavy (non-hydrogen) atoms. The zero-order valence-corrected chi connectivity index (χ0v) is 23.0. The van der Waals surface area contributed by atoms with E-state index in [1.165, 1.54) is 89.9 Å². The Balaban J connectivity index is 1.98. The molecule has 0 saturated heterocycles. The molecule has 0 aliphatic carbocycles. The van der Waals surface area contributed by atoms with Crippen LogP contribution in [0.25, 0.3) is 0 Å². The third-order valence-electron chi connectivity index (χ3n) is 6.20. The van der Waals surface area contributed by atoms with E-state index in [-0.39, 0.29) is 13.2 Å². The molecule has 6 nitrogen and oxygen atoms in total. The Kier molecular flexibility index (Phi) is 20.7. The minimum absolute atomic E-state index is 0.183. The molecular formula is C28H51O6P. The largest absolute Gasteiger partial charge is 0.469 e. The van der Waals surface area contributed by atoms with Crippen molar-refractivity contribution in [3.05, 3.63) is 35.9 Å². The van der Waals surface area contributed by atoms with E-state index in [1.807, 2.05) is 30.3 Å². The first-order valence-corrected chi connectivity index (χ1v) is 15.5. The molecule has 0 aromatic heterocycles. The summed E-state index contributed by atoms with van der Waals surface area (Å²) in [6, 6.07) is 9.78. The van der Waals surface area contributed by atoms with E-state index in [0.717, 1.165) is 18.4 Å². The predicted octanol–water partition coefficient (Wildman–Crippen LogP) is 7.96. The third-order valence-corrected chi connectivity index (χ3v) is 6.68. The summed E-state index contributed by atoms with van der Waals surface area (Å²) in [5, 5.41) is 0. The molecule has 2 N–H and O–H groups in total. The number of phosphoric acid groups is 1. The highest BCUT2D eigenvalue weighted by molar-refractivity contribution is 7.46. The van der Waals surface area contributed by atoms with Crippen LogP contribution in [0.15, 0.2) is 30.3 Å². The lowest BCUT2D eigenvalue weighted by Gasteiger charge is -2.18. The van der Waals surface area contributed by atoms with E-state index < -0.39 is 13.9 Å². The smallest absolute Gasteiger partial charge is 0.374 e. The monoisotopic (exact) mass is 514 g/mol. The van der Waals surface area contributed by atoms with E-state index in [1.54, 1.807) is 0 Å². The van der Waals surface area contributed by atoms with Crippen LogP contribution >= 0.6 is 7.82 Å². The van der Waals surface area contributed by atoms with Crippen LogP contribution in [0.3, 0.4) is 0 Å². The van der Waals surface area contributed by atoms with Gasteiger partial charge in [-0.05, 0) is 12.0 Å². The highest BCUT2D eigenvalue weighted by Crippen LogP contribution is 2.35. The lowest BCUT2D eigenvalue weighted by atomic mass is 10.0. The van der Waals surface area contributed by atoms with Gasteiger partial charge in [-0.15, -0.1) is 0 Å². The molecule has 204 valence electrons. The van der Waals surface area contributed by atoms with Crippen molar-refractivity contribution in [2.45, 2.75) is 122 Å². The molecule has 1 unspecified atom stereocenters. The van der Waals surface area contributed by atoms with Crippen LogP contribution < -0.4 is 0 Å². The second kappa shape index (κ2) is 22.4. The van der Waals surface area contributed by atoms with Crippen LogP contribution in [-0.4, -0.2) is 35.7 Å². The average Bonchev–Trinajstić information content (AvgIpc) is 2.84. The van der Waals surface area contributed by atoms with Gasteiger partial charge in [0.25, 0.3) is 0 Å². The van der Waals surface area contributed by atoms with Crippen molar-refractivity contribution < 1.29 is 28.3 Å². The molecule has 0 fully saturated rings. The minimum atomic E-state index is -4.52. The fourth-order valence-electron chi connectivity index (χ4n) is 4.11. The number of rotatable bonds is 25. The standard InChI is InChI=1S/C28H51O6P/c1-2-3-4-5-6-7-8-9-10-11-12-13-14-15-16-20-23-33-28(26-34-35(29,30)31)25-32-24-27-21-18-17-19-22-27/h17-19,21-22,28H,2-16,20,23-26H2,1H3,(H2,29,30,31). The normalized spacial score (nSPS) is 12.8. The van der Waals surface area contributed by atoms with Crippen molar-refractivity contribution in [3.8, 4) is 0 Å². The Morgan fingerprint density at radius 2 is 1.20 bits per heavy atom. The van der Waals surface area contributed by atoms with Crippen molar-refractivity contribution in [3.63, 3.8) is 0 Å². The molecule has 0 aliphatic rings. The Hall–Kier alpha value is -0.750. The fourth-order valence-corrected chi connectivity index (χ4v) is 4.47. The predicted molar refractivity (Wildman–Crippen MR) is 143 cm³/mol. The van der Waals surface area contributed by atoms with Gasteiger partial charge in [0.15, 0.2) is 0 Å². The molecule has 0 bridgehead atoms. The summed E-state index contributed by atoms with van der Waals surface area (Å²) in [5.41, 5.74) is 1.04. The van der Waals surface area contributed by atoms with Crippen LogP contribution in [0.1, 0.15) is 115 Å². The van der Waals surface area contributed by atoms with Gasteiger partial charge in [0.05, 0.1) is 19.8 Å². The first-order valence-electron chi connectivity index (χ1n) is 13.9. The lowest BCUT2D eigenvalue weighted by Crippen LogP contribution is -2.25. The summed E-state index contributed by atoms with van der Waals surface area (Å²) in [6.07, 6.45) is 20.6. The number of phosphoric ester groups is 1. The van der Waals surface area contributed by atoms with Gasteiger partial charge in [-0.3, -0.25) is 4.52 Å². The van der Waals surface area contributed by atoms with Gasteiger partial charge in [0, 0.05) is 6.61 Å². The maximum Gasteiger partial charge on any atom is 0.469 e. The van der Waals surface area contributed by atoms with Crippen molar-refractivity contribution in [1.82, 2.24) is 0 Å². The first-order chi connectivity index (χ1) is 17.0. The van der Waals surface area contributed by atoms with Gasteiger partial charge >= 0.3 is 7.82 Å². The first kappa shape index (κ1) is 32.3. The molecule has 0 heterocycles. The van der Waals surface area contributed by atoms with Crippen molar-refractivity contribution >= 4 is 7.82 Å². The third kappa shape index (κ3) is 22.2. The van der Waals surface area contributed by atoms with Gasteiger partial charge in [-0.25, -0.2) is 4.57 Å². The molecular weight excluding hydrogens is 463 g/mol. The molecule has 1 aromatic carbocycles. The van der Waals surface area contributed by atoms with Gasteiger partial charge in [-0.2, -0.15) is 0 Å². The zero-order chi connectivity index (χ0) is 25.5. The van der Waals surface area contributed by atoms with Gasteiger partial charge in [0.2, 0.25) is 0 Å². The Bertz CT molecular complexity index is 621. The number of unbranched alkanes of at least 4 members (excludes halogenated alkanes) is 15. The van der Waals surface area contributed by atoms with Crippen molar-refractivity contribution in [2.75, 3.05) is 19.8 Å². The van der Waals surface area contributed by atoms with Crippen LogP contribution in [-0.2, 0) is 25.2 Å². The summed E-state index contributed by atoms with van der Waals surface area (Å²) in [7, 11) is -4.52. The number of ether oxygens (including phenoxy) is 2. The quantitative estimate of drug-likeness (QED) is 0.102. The van der Waals surface area contributed by atoms with E-state index in [0.29, 0.717) is 13.2 Å². The second-order valence-electron chi connectivity index (χ2n) is 9.58. The molecule has 7 heteroatoms. The molecule has 0 amide bonds. The maximum atomic E-state index is 11.0. The summed E-state index contributed by atoms with van der Waals surface area (Å²) in [5.74, 6) is 0. The van der Waals surface area contributed by atoms with Crippen LogP contribution in [0, 0.1) is 0 Å². The average molecular weight is 515 g/mol. The van der Waals surface area contributed by atoms with Gasteiger partial charge in [0.1, 0.15) is 6.10 Å². The van der Waals surface area contributed by atoms with Gasteiger partial charge < -0.3 is 19.3 Å². The highest BCUT2D eigenvalue weighted by atomic mass is 31.2. The summed E-state index contributed by atoms with van der Waals surface area (Å²) in [4.78, 5) is 18.0. The number of benzene rings is 1. The van der Waals surface area contributed by atoms with Crippen LogP contribution in [0.5, 0.6) is 0 Å². The number of hydrogen-bond acceptors (Lipinski definition) is 4. The molecule has 0 aliphatic heterocycles. The van der Waals surface area contributed by atoms with E-state index in [2.05, 4.69) is 11.4 Å². The molecule has 0 saturated carbocycles. The summed E-state index contributed by atoms with van der Waals surface area (Å²) in [6.45, 7) is 3.29. The Labute approximate surface area is 214 Å². The van der Waals surface area contributed by atoms with Crippen LogP contribution in [0.2, 0.25) is 0 Å². The zero-order valence-electron chi connectivity index (χ0n) is 22.1. The maximum absolute atomic E-state index is 11.0. The molecule has 0 radical (unpaired) electrons. The van der Waals surface area contributed by atoms with Crippen LogP contribution in [0.4, 0.5) is 0 Å². The molecule has 1 atom stereocenters. The van der Waals surface area contributed by atoms with Gasteiger partial charge in [-0.1, -0.05) is 134 Å². The van der Waals surface area contributed by atoms with E-state index in [4.69, 9.17) is 19.3 Å². The highest BCUT2D eigenvalue weighted by Gasteiger charge is 2.19. The number of hydrogen-bond donors (Lipinski definition) is 2. The lowest BCUT2D eigenvalue weighted by molar-refractivity contribution is -0.0464. The van der Waals surface area contributed by atoms with E-state index >= 15 is 0 Å². The molecule has 1 aromatic rings. The second-order valence-corrected chi connectivity index (χ2v) is 10.8. The molecule has 1 rings (SSSR count). The van der Waals surface area contributed by atoms with Crippen molar-refractivity contribution in [1.29, 1.82) is 0 Å². The van der Waals surface area contributed by atoms with E-state index in [9.17, 15) is 4.57 Å².